The normalized spacial score (nSPS) is 25.5. The fraction of sp³-hybridized carbons (Fsp3) is 0.500. The van der Waals surface area contributed by atoms with Gasteiger partial charge in [-0.05, 0) is 12.1 Å². The van der Waals surface area contributed by atoms with Gasteiger partial charge in [0.1, 0.15) is 5.82 Å². The van der Waals surface area contributed by atoms with Crippen LogP contribution in [0.15, 0.2) is 18.3 Å². The molecule has 2 heterocycles. The number of pyridine rings is 1. The monoisotopic (exact) mass is 236 g/mol. The van der Waals surface area contributed by atoms with Crippen LogP contribution in [-0.4, -0.2) is 34.9 Å². The summed E-state index contributed by atoms with van der Waals surface area (Å²) in [5, 5.41) is 1.27. The number of anilines is 1. The van der Waals surface area contributed by atoms with Crippen molar-refractivity contribution < 1.29 is 4.79 Å². The molecule has 3 nitrogen and oxygen atoms in total. The van der Waals surface area contributed by atoms with Gasteiger partial charge in [0.05, 0.1) is 0 Å². The molecule has 1 aromatic heterocycles. The number of hydrogen-bond donors (Lipinski definition) is 0. The van der Waals surface area contributed by atoms with Crippen molar-refractivity contribution in [3.63, 3.8) is 0 Å². The Balaban J connectivity index is 2.13. The molecule has 0 amide bonds. The van der Waals surface area contributed by atoms with Crippen LogP contribution < -0.4 is 4.90 Å². The summed E-state index contributed by atoms with van der Waals surface area (Å²) in [7, 11) is 0. The van der Waals surface area contributed by atoms with Crippen molar-refractivity contribution >= 4 is 23.9 Å². The summed E-state index contributed by atoms with van der Waals surface area (Å²) < 4.78 is 0. The van der Waals surface area contributed by atoms with Crippen LogP contribution in [0.3, 0.4) is 0 Å². The van der Waals surface area contributed by atoms with Crippen LogP contribution in [0.5, 0.6) is 0 Å². The number of aldehydes is 1. The molecule has 0 radical (unpaired) electrons. The standard InChI is InChI=1S/C12H16N2OS/c1-9-6-14(7-10(2)16-9)12-4-3-11(8-15)5-13-12/h3-5,8-10H,6-7H2,1-2H3. The van der Waals surface area contributed by atoms with E-state index in [1.165, 1.54) is 0 Å². The lowest BCUT2D eigenvalue weighted by Gasteiger charge is -2.35. The fourth-order valence-corrected chi connectivity index (χ4v) is 3.34. The molecule has 2 atom stereocenters. The van der Waals surface area contributed by atoms with Crippen LogP contribution in [0.25, 0.3) is 0 Å². The van der Waals surface area contributed by atoms with Crippen molar-refractivity contribution in [2.75, 3.05) is 18.0 Å². The smallest absolute Gasteiger partial charge is 0.151 e. The molecule has 86 valence electrons. The molecule has 4 heteroatoms. The van der Waals surface area contributed by atoms with Crippen LogP contribution in [0.4, 0.5) is 5.82 Å². The van der Waals surface area contributed by atoms with Gasteiger partial charge < -0.3 is 4.90 Å². The van der Waals surface area contributed by atoms with E-state index in [4.69, 9.17) is 0 Å². The molecule has 1 aliphatic rings. The summed E-state index contributed by atoms with van der Waals surface area (Å²) in [5.41, 5.74) is 0.635. The Kier molecular flexibility index (Phi) is 3.49. The topological polar surface area (TPSA) is 33.2 Å². The maximum Gasteiger partial charge on any atom is 0.151 e. The first kappa shape index (κ1) is 11.5. The van der Waals surface area contributed by atoms with Gasteiger partial charge in [0.25, 0.3) is 0 Å². The van der Waals surface area contributed by atoms with E-state index in [0.29, 0.717) is 16.1 Å². The van der Waals surface area contributed by atoms with E-state index in [-0.39, 0.29) is 0 Å². The Morgan fingerprint density at radius 1 is 1.38 bits per heavy atom. The zero-order valence-electron chi connectivity index (χ0n) is 9.59. The molecule has 0 N–H and O–H groups in total. The van der Waals surface area contributed by atoms with Gasteiger partial charge in [0.15, 0.2) is 6.29 Å². The van der Waals surface area contributed by atoms with E-state index in [1.54, 1.807) is 6.20 Å². The van der Waals surface area contributed by atoms with E-state index >= 15 is 0 Å². The van der Waals surface area contributed by atoms with E-state index in [2.05, 4.69) is 23.7 Å². The van der Waals surface area contributed by atoms with E-state index in [0.717, 1.165) is 25.2 Å². The third-order valence-electron chi connectivity index (χ3n) is 2.65. The number of carbonyl (C=O) groups excluding carboxylic acids is 1. The first-order valence-electron chi connectivity index (χ1n) is 5.50. The molecule has 16 heavy (non-hydrogen) atoms. The molecule has 0 saturated carbocycles. The molecule has 2 unspecified atom stereocenters. The highest BCUT2D eigenvalue weighted by Crippen LogP contribution is 2.27. The van der Waals surface area contributed by atoms with Gasteiger partial charge in [-0.25, -0.2) is 4.98 Å². The van der Waals surface area contributed by atoms with Crippen LogP contribution >= 0.6 is 11.8 Å². The summed E-state index contributed by atoms with van der Waals surface area (Å²) in [5.74, 6) is 0.976. The summed E-state index contributed by atoms with van der Waals surface area (Å²) >= 11 is 2.02. The molecule has 0 aromatic carbocycles. The molecular formula is C12H16N2OS. The van der Waals surface area contributed by atoms with Gasteiger partial charge in [-0.1, -0.05) is 13.8 Å². The van der Waals surface area contributed by atoms with Crippen LogP contribution in [0.1, 0.15) is 24.2 Å². The molecular weight excluding hydrogens is 220 g/mol. The SMILES string of the molecule is CC1CN(c2ccc(C=O)cn2)CC(C)S1. The number of thioether (sulfide) groups is 1. The lowest BCUT2D eigenvalue weighted by molar-refractivity contribution is 0.112. The van der Waals surface area contributed by atoms with E-state index in [1.807, 2.05) is 23.9 Å². The zero-order valence-corrected chi connectivity index (χ0v) is 10.4. The van der Waals surface area contributed by atoms with Crippen molar-refractivity contribution in [3.05, 3.63) is 23.9 Å². The number of carbonyl (C=O) groups is 1. The summed E-state index contributed by atoms with van der Waals surface area (Å²) in [4.78, 5) is 17.2. The number of hydrogen-bond acceptors (Lipinski definition) is 4. The summed E-state index contributed by atoms with van der Waals surface area (Å²) in [6.45, 7) is 6.55. The quantitative estimate of drug-likeness (QED) is 0.737. The average Bonchev–Trinajstić information content (AvgIpc) is 2.28. The molecule has 0 bridgehead atoms. The van der Waals surface area contributed by atoms with Gasteiger partial charge in [-0.15, -0.1) is 0 Å². The first-order valence-corrected chi connectivity index (χ1v) is 6.45. The Hall–Kier alpha value is -1.03. The highest BCUT2D eigenvalue weighted by Gasteiger charge is 2.22. The number of rotatable bonds is 2. The maximum absolute atomic E-state index is 10.5. The highest BCUT2D eigenvalue weighted by atomic mass is 32.2. The lowest BCUT2D eigenvalue weighted by atomic mass is 10.3. The van der Waals surface area contributed by atoms with Gasteiger partial charge in [-0.2, -0.15) is 11.8 Å². The van der Waals surface area contributed by atoms with Crippen molar-refractivity contribution in [2.45, 2.75) is 24.3 Å². The number of aromatic nitrogens is 1. The van der Waals surface area contributed by atoms with Gasteiger partial charge >= 0.3 is 0 Å². The van der Waals surface area contributed by atoms with Gasteiger partial charge in [0, 0.05) is 35.3 Å². The minimum absolute atomic E-state index is 0.635. The minimum atomic E-state index is 0.635. The summed E-state index contributed by atoms with van der Waals surface area (Å²) in [6.07, 6.45) is 2.47. The second-order valence-electron chi connectivity index (χ2n) is 4.23. The predicted octanol–water partition coefficient (Wildman–Crippen LogP) is 2.22. The molecule has 1 aromatic rings. The maximum atomic E-state index is 10.5. The van der Waals surface area contributed by atoms with Crippen LogP contribution in [0, 0.1) is 0 Å². The van der Waals surface area contributed by atoms with E-state index in [9.17, 15) is 4.79 Å². The van der Waals surface area contributed by atoms with Crippen molar-refractivity contribution in [2.24, 2.45) is 0 Å². The van der Waals surface area contributed by atoms with E-state index < -0.39 is 0 Å². The van der Waals surface area contributed by atoms with Crippen LogP contribution in [0.2, 0.25) is 0 Å². The second kappa shape index (κ2) is 4.87. The Bertz CT molecular complexity index is 356. The molecule has 2 rings (SSSR count). The molecule has 1 aliphatic heterocycles. The van der Waals surface area contributed by atoms with Crippen molar-refractivity contribution in [3.8, 4) is 0 Å². The predicted molar refractivity (Wildman–Crippen MR) is 68.4 cm³/mol. The molecule has 1 saturated heterocycles. The zero-order chi connectivity index (χ0) is 11.5. The van der Waals surface area contributed by atoms with Gasteiger partial charge in [-0.3, -0.25) is 4.79 Å². The van der Waals surface area contributed by atoms with Crippen LogP contribution in [-0.2, 0) is 0 Å². The third kappa shape index (κ3) is 2.55. The second-order valence-corrected chi connectivity index (χ2v) is 6.11. The Morgan fingerprint density at radius 2 is 2.06 bits per heavy atom. The molecule has 0 spiro atoms. The minimum Gasteiger partial charge on any atom is -0.354 e. The fourth-order valence-electron chi connectivity index (χ4n) is 2.02. The van der Waals surface area contributed by atoms with Crippen molar-refractivity contribution in [1.29, 1.82) is 0 Å². The molecule has 0 aliphatic carbocycles. The molecule has 1 fully saturated rings. The summed E-state index contributed by atoms with van der Waals surface area (Å²) in [6, 6.07) is 3.76. The third-order valence-corrected chi connectivity index (χ3v) is 3.88. The lowest BCUT2D eigenvalue weighted by Crippen LogP contribution is -2.40. The first-order chi connectivity index (χ1) is 7.69. The Morgan fingerprint density at radius 3 is 2.56 bits per heavy atom. The largest absolute Gasteiger partial charge is 0.354 e. The number of nitrogens with zero attached hydrogens (tertiary/aromatic N) is 2. The average molecular weight is 236 g/mol. The highest BCUT2D eigenvalue weighted by molar-refractivity contribution is 8.00. The Labute approximate surface area is 100 Å². The van der Waals surface area contributed by atoms with Crippen molar-refractivity contribution in [1.82, 2.24) is 4.98 Å². The van der Waals surface area contributed by atoms with Gasteiger partial charge in [0.2, 0.25) is 0 Å².